The molecule has 0 spiro atoms. The Morgan fingerprint density at radius 1 is 1.43 bits per heavy atom. The van der Waals surface area contributed by atoms with Crippen molar-refractivity contribution in [1.82, 2.24) is 19.5 Å². The molecule has 10 nitrogen and oxygen atoms in total. The van der Waals surface area contributed by atoms with E-state index in [0.29, 0.717) is 17.9 Å². The lowest BCUT2D eigenvalue weighted by Crippen LogP contribution is -2.33. The molecule has 5 N–H and O–H groups in total. The fourth-order valence-electron chi connectivity index (χ4n) is 2.61. The molecular formula is C13H19N5O5. The van der Waals surface area contributed by atoms with Gasteiger partial charge in [-0.2, -0.15) is 4.98 Å². The van der Waals surface area contributed by atoms with E-state index in [9.17, 15) is 15.0 Å². The molecule has 0 saturated carbocycles. The number of nitrogens with one attached hydrogen (secondary N) is 2. The zero-order valence-electron chi connectivity index (χ0n) is 12.5. The van der Waals surface area contributed by atoms with E-state index in [-0.39, 0.29) is 5.65 Å². The van der Waals surface area contributed by atoms with Crippen LogP contribution >= 0.6 is 0 Å². The molecule has 2 aromatic heterocycles. The van der Waals surface area contributed by atoms with Crippen LogP contribution in [0.15, 0.2) is 11.1 Å². The summed E-state index contributed by atoms with van der Waals surface area (Å²) in [7, 11) is 0. The predicted molar refractivity (Wildman–Crippen MR) is 79.9 cm³/mol. The average molecular weight is 325 g/mol. The van der Waals surface area contributed by atoms with E-state index in [0.717, 1.165) is 6.42 Å². The van der Waals surface area contributed by atoms with Crippen molar-refractivity contribution in [3.05, 3.63) is 16.8 Å². The Hall–Kier alpha value is -2.01. The number of hydrogen-bond acceptors (Lipinski definition) is 8. The van der Waals surface area contributed by atoms with Gasteiger partial charge in [0.05, 0.1) is 12.9 Å². The van der Waals surface area contributed by atoms with Crippen LogP contribution in [0.25, 0.3) is 11.2 Å². The number of aliphatic hydroxyl groups excluding tert-OH is 3. The summed E-state index contributed by atoms with van der Waals surface area (Å²) in [4.78, 5) is 22.4. The highest BCUT2D eigenvalue weighted by atomic mass is 16.6. The third kappa shape index (κ3) is 2.70. The normalized spacial score (nSPS) is 27.7. The van der Waals surface area contributed by atoms with Gasteiger partial charge in [-0.3, -0.25) is 9.55 Å². The van der Waals surface area contributed by atoms with Crippen LogP contribution in [-0.2, 0) is 4.74 Å². The number of aliphatic hydroxyl groups is 3. The highest BCUT2D eigenvalue weighted by Crippen LogP contribution is 2.31. The van der Waals surface area contributed by atoms with Gasteiger partial charge in [0.2, 0.25) is 0 Å². The minimum Gasteiger partial charge on any atom is -0.394 e. The summed E-state index contributed by atoms with van der Waals surface area (Å²) in [5, 5.41) is 32.2. The molecule has 0 bridgehead atoms. The van der Waals surface area contributed by atoms with Crippen molar-refractivity contribution in [2.24, 2.45) is 0 Å². The maximum absolute atomic E-state index is 11.8. The van der Waals surface area contributed by atoms with Crippen molar-refractivity contribution in [1.29, 1.82) is 0 Å². The molecule has 10 heteroatoms. The van der Waals surface area contributed by atoms with Crippen LogP contribution in [0.3, 0.4) is 0 Å². The molecule has 126 valence electrons. The summed E-state index contributed by atoms with van der Waals surface area (Å²) in [5.74, 6) is 0.437. The van der Waals surface area contributed by atoms with Crippen molar-refractivity contribution in [2.75, 3.05) is 18.5 Å². The van der Waals surface area contributed by atoms with Gasteiger partial charge in [0.25, 0.3) is 0 Å². The van der Waals surface area contributed by atoms with Gasteiger partial charge >= 0.3 is 5.69 Å². The van der Waals surface area contributed by atoms with Crippen molar-refractivity contribution in [3.63, 3.8) is 0 Å². The summed E-state index contributed by atoms with van der Waals surface area (Å²) >= 11 is 0. The summed E-state index contributed by atoms with van der Waals surface area (Å²) in [5.41, 5.74) is 0.0857. The Kier molecular flexibility index (Phi) is 4.31. The molecule has 0 aromatic carbocycles. The lowest BCUT2D eigenvalue weighted by atomic mass is 10.1. The minimum atomic E-state index is -1.27. The molecule has 1 fully saturated rings. The van der Waals surface area contributed by atoms with E-state index in [4.69, 9.17) is 9.84 Å². The second-order valence-corrected chi connectivity index (χ2v) is 5.40. The molecule has 1 saturated heterocycles. The summed E-state index contributed by atoms with van der Waals surface area (Å²) in [6, 6.07) is 0. The minimum absolute atomic E-state index is 0.224. The molecule has 23 heavy (non-hydrogen) atoms. The number of ether oxygens (including phenoxy) is 1. The third-order valence-electron chi connectivity index (χ3n) is 3.79. The number of imidazole rings is 1. The second-order valence-electron chi connectivity index (χ2n) is 5.40. The number of H-pyrrole nitrogens is 1. The Balaban J connectivity index is 2.03. The quantitative estimate of drug-likeness (QED) is 0.449. The van der Waals surface area contributed by atoms with Crippen LogP contribution in [0.4, 0.5) is 5.82 Å². The zero-order chi connectivity index (χ0) is 16.6. The molecule has 2 aromatic rings. The van der Waals surface area contributed by atoms with Crippen LogP contribution in [0.1, 0.15) is 19.6 Å². The SMILES string of the molecule is CCCNc1[nH]c(=O)nc2c1ncn2[C@@H]1O[C@H](CO)[C@@H](O)[C@H]1O. The number of nitrogens with zero attached hydrogens (tertiary/aromatic N) is 3. The van der Waals surface area contributed by atoms with Gasteiger partial charge in [-0.05, 0) is 6.42 Å². The number of anilines is 1. The Morgan fingerprint density at radius 3 is 2.87 bits per heavy atom. The van der Waals surface area contributed by atoms with Gasteiger partial charge in [-0.25, -0.2) is 9.78 Å². The fraction of sp³-hybridized carbons (Fsp3) is 0.615. The fourth-order valence-corrected chi connectivity index (χ4v) is 2.61. The van der Waals surface area contributed by atoms with Crippen LogP contribution in [0.5, 0.6) is 0 Å². The first-order valence-corrected chi connectivity index (χ1v) is 7.40. The molecule has 0 amide bonds. The van der Waals surface area contributed by atoms with Crippen LogP contribution in [0.2, 0.25) is 0 Å². The average Bonchev–Trinajstić information content (AvgIpc) is 3.07. The van der Waals surface area contributed by atoms with Crippen LogP contribution < -0.4 is 11.0 Å². The number of fused-ring (bicyclic) bond motifs is 1. The summed E-state index contributed by atoms with van der Waals surface area (Å²) in [6.45, 7) is 2.20. The molecule has 1 aliphatic rings. The molecule has 4 atom stereocenters. The maximum Gasteiger partial charge on any atom is 0.348 e. The smallest absolute Gasteiger partial charge is 0.348 e. The second kappa shape index (κ2) is 6.24. The lowest BCUT2D eigenvalue weighted by molar-refractivity contribution is -0.0511. The Labute approximate surface area is 130 Å². The third-order valence-corrected chi connectivity index (χ3v) is 3.79. The first kappa shape index (κ1) is 15.9. The number of hydrogen-bond donors (Lipinski definition) is 5. The van der Waals surface area contributed by atoms with Crippen molar-refractivity contribution >= 4 is 17.0 Å². The Bertz CT molecular complexity index is 744. The van der Waals surface area contributed by atoms with Gasteiger partial charge < -0.3 is 25.4 Å². The Morgan fingerprint density at radius 2 is 2.22 bits per heavy atom. The first-order chi connectivity index (χ1) is 11.1. The highest BCUT2D eigenvalue weighted by Gasteiger charge is 2.44. The maximum atomic E-state index is 11.8. The van der Waals surface area contributed by atoms with E-state index < -0.39 is 36.8 Å². The largest absolute Gasteiger partial charge is 0.394 e. The van der Waals surface area contributed by atoms with Gasteiger partial charge in [0.1, 0.15) is 29.6 Å². The topological polar surface area (TPSA) is 146 Å². The highest BCUT2D eigenvalue weighted by molar-refractivity contribution is 5.82. The van der Waals surface area contributed by atoms with Gasteiger partial charge in [0, 0.05) is 6.54 Å². The van der Waals surface area contributed by atoms with E-state index in [1.807, 2.05) is 6.92 Å². The number of aromatic amines is 1. The molecule has 0 unspecified atom stereocenters. The first-order valence-electron chi connectivity index (χ1n) is 7.40. The molecule has 3 rings (SSSR count). The summed E-state index contributed by atoms with van der Waals surface area (Å²) in [6.07, 6.45) is -2.16. The number of rotatable bonds is 5. The molecule has 0 radical (unpaired) electrons. The summed E-state index contributed by atoms with van der Waals surface area (Å²) < 4.78 is 6.83. The molecule has 1 aliphatic heterocycles. The molecular weight excluding hydrogens is 306 g/mol. The predicted octanol–water partition coefficient (Wildman–Crippen LogP) is -1.45. The lowest BCUT2D eigenvalue weighted by Gasteiger charge is -2.16. The number of aromatic nitrogens is 4. The van der Waals surface area contributed by atoms with Crippen molar-refractivity contribution < 1.29 is 20.1 Å². The van der Waals surface area contributed by atoms with Gasteiger partial charge in [0.15, 0.2) is 11.9 Å². The molecule has 3 heterocycles. The molecule has 0 aliphatic carbocycles. The van der Waals surface area contributed by atoms with Crippen molar-refractivity contribution in [2.45, 2.75) is 37.9 Å². The van der Waals surface area contributed by atoms with E-state index in [1.165, 1.54) is 10.9 Å². The van der Waals surface area contributed by atoms with E-state index in [1.54, 1.807) is 0 Å². The van der Waals surface area contributed by atoms with Crippen LogP contribution in [0, 0.1) is 0 Å². The van der Waals surface area contributed by atoms with Gasteiger partial charge in [-0.15, -0.1) is 0 Å². The van der Waals surface area contributed by atoms with E-state index >= 15 is 0 Å². The van der Waals surface area contributed by atoms with Crippen LogP contribution in [-0.4, -0.2) is 66.3 Å². The zero-order valence-corrected chi connectivity index (χ0v) is 12.5. The standard InChI is InChI=1S/C13H19N5O5/c1-2-3-14-10-7-11(17-13(22)16-10)18(5-15-7)12-9(21)8(20)6(4-19)23-12/h5-6,8-9,12,19-21H,2-4H2,1H3,(H2,14,16,17,22)/t6-,8-,9-,12-/m1/s1. The van der Waals surface area contributed by atoms with E-state index in [2.05, 4.69) is 20.3 Å². The monoisotopic (exact) mass is 325 g/mol. The van der Waals surface area contributed by atoms with Crippen molar-refractivity contribution in [3.8, 4) is 0 Å². The van der Waals surface area contributed by atoms with Gasteiger partial charge in [-0.1, -0.05) is 6.92 Å².